The smallest absolute Gasteiger partial charge is 0.118 e. The van der Waals surface area contributed by atoms with Crippen LogP contribution >= 0.6 is 11.3 Å². The Bertz CT molecular complexity index is 655. The van der Waals surface area contributed by atoms with E-state index < -0.39 is 0 Å². The highest BCUT2D eigenvalue weighted by Crippen LogP contribution is 2.18. The molecule has 98 valence electrons. The van der Waals surface area contributed by atoms with Gasteiger partial charge in [0.05, 0.1) is 11.2 Å². The van der Waals surface area contributed by atoms with Crippen molar-refractivity contribution in [3.63, 3.8) is 0 Å². The van der Waals surface area contributed by atoms with E-state index in [1.165, 1.54) is 10.4 Å². The average Bonchev–Trinajstić information content (AvgIpc) is 3.06. The lowest BCUT2D eigenvalue weighted by Crippen LogP contribution is -2.12. The van der Waals surface area contributed by atoms with E-state index >= 15 is 0 Å². The Morgan fingerprint density at radius 2 is 2.21 bits per heavy atom. The van der Waals surface area contributed by atoms with Gasteiger partial charge in [-0.3, -0.25) is 0 Å². The summed E-state index contributed by atoms with van der Waals surface area (Å²) in [6, 6.07) is 10.5. The fraction of sp³-hybridized carbons (Fsp3) is 0.267. The van der Waals surface area contributed by atoms with Gasteiger partial charge in [0.1, 0.15) is 5.82 Å². The molecule has 4 heteroatoms. The Balaban J connectivity index is 1.99. The summed E-state index contributed by atoms with van der Waals surface area (Å²) in [6.45, 7) is 3.91. The molecule has 0 unspecified atom stereocenters. The van der Waals surface area contributed by atoms with Crippen LogP contribution in [0.3, 0.4) is 0 Å². The number of rotatable bonds is 5. The Kier molecular flexibility index (Phi) is 3.62. The Morgan fingerprint density at radius 1 is 1.26 bits per heavy atom. The van der Waals surface area contributed by atoms with Crippen LogP contribution in [0, 0.1) is 0 Å². The fourth-order valence-electron chi connectivity index (χ4n) is 2.24. The molecule has 0 amide bonds. The molecule has 1 N–H and O–H groups in total. The van der Waals surface area contributed by atoms with Gasteiger partial charge in [-0.05, 0) is 30.1 Å². The van der Waals surface area contributed by atoms with Crippen LogP contribution in [0.2, 0.25) is 0 Å². The van der Waals surface area contributed by atoms with Crippen LogP contribution in [0.5, 0.6) is 0 Å². The van der Waals surface area contributed by atoms with Gasteiger partial charge in [-0.1, -0.05) is 19.1 Å². The number of hydrogen-bond acceptors (Lipinski definition) is 3. The predicted octanol–water partition coefficient (Wildman–Crippen LogP) is 3.10. The first-order valence-electron chi connectivity index (χ1n) is 6.56. The van der Waals surface area contributed by atoms with Gasteiger partial charge in [-0.25, -0.2) is 4.98 Å². The normalized spacial score (nSPS) is 11.2. The summed E-state index contributed by atoms with van der Waals surface area (Å²) in [7, 11) is 0. The van der Waals surface area contributed by atoms with Crippen molar-refractivity contribution in [2.75, 3.05) is 6.54 Å². The van der Waals surface area contributed by atoms with E-state index in [2.05, 4.69) is 58.5 Å². The maximum absolute atomic E-state index is 4.81. The molecule has 0 aromatic carbocycles. The molecule has 0 aliphatic rings. The third kappa shape index (κ3) is 2.55. The second-order valence-electron chi connectivity index (χ2n) is 4.47. The first-order valence-corrected chi connectivity index (χ1v) is 7.44. The number of thiophene rings is 1. The predicted molar refractivity (Wildman–Crippen MR) is 79.7 cm³/mol. The summed E-state index contributed by atoms with van der Waals surface area (Å²) < 4.78 is 2.20. The van der Waals surface area contributed by atoms with Gasteiger partial charge in [0.25, 0.3) is 0 Å². The third-order valence-electron chi connectivity index (χ3n) is 3.15. The van der Waals surface area contributed by atoms with Crippen molar-refractivity contribution < 1.29 is 0 Å². The molecule has 3 aromatic rings. The van der Waals surface area contributed by atoms with E-state index in [0.717, 1.165) is 31.0 Å². The number of nitrogens with one attached hydrogen (secondary N) is 1. The maximum Gasteiger partial charge on any atom is 0.118 e. The van der Waals surface area contributed by atoms with Gasteiger partial charge < -0.3 is 9.72 Å². The van der Waals surface area contributed by atoms with Crippen LogP contribution in [-0.4, -0.2) is 15.9 Å². The van der Waals surface area contributed by atoms with Crippen LogP contribution in [0.15, 0.2) is 41.9 Å². The molecule has 0 bridgehead atoms. The fourth-order valence-corrected chi connectivity index (χ4v) is 2.94. The SMILES string of the molecule is CCNCc1nc(Cc2cccs2)n2ccccc12. The zero-order valence-electron chi connectivity index (χ0n) is 11.0. The number of fused-ring (bicyclic) bond motifs is 1. The van der Waals surface area contributed by atoms with E-state index in [0.29, 0.717) is 0 Å². The number of pyridine rings is 1. The van der Waals surface area contributed by atoms with E-state index in [4.69, 9.17) is 4.98 Å². The Labute approximate surface area is 116 Å². The summed E-state index contributed by atoms with van der Waals surface area (Å²) in [4.78, 5) is 6.16. The van der Waals surface area contributed by atoms with Crippen LogP contribution in [-0.2, 0) is 13.0 Å². The minimum absolute atomic E-state index is 0.828. The second-order valence-corrected chi connectivity index (χ2v) is 5.50. The zero-order valence-corrected chi connectivity index (χ0v) is 11.8. The summed E-state index contributed by atoms with van der Waals surface area (Å²) in [5, 5.41) is 5.47. The lowest BCUT2D eigenvalue weighted by Gasteiger charge is -1.99. The van der Waals surface area contributed by atoms with Gasteiger partial charge in [0.2, 0.25) is 0 Å². The van der Waals surface area contributed by atoms with Crippen molar-refractivity contribution in [3.05, 3.63) is 58.3 Å². The van der Waals surface area contributed by atoms with Gasteiger partial charge in [-0.15, -0.1) is 11.3 Å². The molecule has 0 saturated heterocycles. The summed E-state index contributed by atoms with van der Waals surface area (Å²) in [6.07, 6.45) is 3.00. The molecule has 3 nitrogen and oxygen atoms in total. The highest BCUT2D eigenvalue weighted by atomic mass is 32.1. The standard InChI is InChI=1S/C15H17N3S/c1-2-16-11-13-14-7-3-4-8-18(14)15(17-13)10-12-6-5-9-19-12/h3-9,16H,2,10-11H2,1H3. The second kappa shape index (κ2) is 5.55. The highest BCUT2D eigenvalue weighted by molar-refractivity contribution is 7.09. The van der Waals surface area contributed by atoms with Crippen molar-refractivity contribution in [3.8, 4) is 0 Å². The summed E-state index contributed by atoms with van der Waals surface area (Å²) in [5.41, 5.74) is 2.34. The molecule has 3 heterocycles. The van der Waals surface area contributed by atoms with Gasteiger partial charge >= 0.3 is 0 Å². The van der Waals surface area contributed by atoms with Gasteiger partial charge in [0, 0.05) is 24.0 Å². The van der Waals surface area contributed by atoms with E-state index in [9.17, 15) is 0 Å². The maximum atomic E-state index is 4.81. The van der Waals surface area contributed by atoms with E-state index in [1.54, 1.807) is 11.3 Å². The largest absolute Gasteiger partial charge is 0.311 e. The van der Waals surface area contributed by atoms with Crippen LogP contribution in [0.25, 0.3) is 5.52 Å². The quantitative estimate of drug-likeness (QED) is 0.772. The van der Waals surface area contributed by atoms with Crippen molar-refractivity contribution in [1.29, 1.82) is 0 Å². The summed E-state index contributed by atoms with van der Waals surface area (Å²) >= 11 is 1.78. The highest BCUT2D eigenvalue weighted by Gasteiger charge is 2.10. The molecule has 3 aromatic heterocycles. The first-order chi connectivity index (χ1) is 9.38. The zero-order chi connectivity index (χ0) is 13.1. The van der Waals surface area contributed by atoms with Crippen LogP contribution in [0.1, 0.15) is 23.3 Å². The van der Waals surface area contributed by atoms with Gasteiger partial charge in [-0.2, -0.15) is 0 Å². The minimum atomic E-state index is 0.828. The molecule has 0 aliphatic carbocycles. The van der Waals surface area contributed by atoms with Gasteiger partial charge in [0.15, 0.2) is 0 Å². The Hall–Kier alpha value is -1.65. The molecule has 0 fully saturated rings. The molecule has 0 aliphatic heterocycles. The molecule has 0 atom stereocenters. The van der Waals surface area contributed by atoms with Crippen LogP contribution < -0.4 is 5.32 Å². The molecule has 0 radical (unpaired) electrons. The molecular formula is C15H17N3S. The topological polar surface area (TPSA) is 29.3 Å². The minimum Gasteiger partial charge on any atom is -0.311 e. The van der Waals surface area contributed by atoms with Crippen LogP contribution in [0.4, 0.5) is 0 Å². The molecule has 3 rings (SSSR count). The lowest BCUT2D eigenvalue weighted by atomic mass is 10.3. The van der Waals surface area contributed by atoms with Crippen molar-refractivity contribution in [1.82, 2.24) is 14.7 Å². The first kappa shape index (κ1) is 12.4. The average molecular weight is 271 g/mol. The molecule has 0 saturated carbocycles. The third-order valence-corrected chi connectivity index (χ3v) is 4.03. The molecular weight excluding hydrogens is 254 g/mol. The van der Waals surface area contributed by atoms with Crippen molar-refractivity contribution >= 4 is 16.9 Å². The lowest BCUT2D eigenvalue weighted by molar-refractivity contribution is 0.716. The molecule has 0 spiro atoms. The van der Waals surface area contributed by atoms with Crippen molar-refractivity contribution in [2.45, 2.75) is 19.9 Å². The molecule has 19 heavy (non-hydrogen) atoms. The summed E-state index contributed by atoms with van der Waals surface area (Å²) in [5.74, 6) is 1.12. The monoisotopic (exact) mass is 271 g/mol. The number of hydrogen-bond donors (Lipinski definition) is 1. The number of aromatic nitrogens is 2. The van der Waals surface area contributed by atoms with E-state index in [1.807, 2.05) is 0 Å². The number of imidazole rings is 1. The Morgan fingerprint density at radius 3 is 3.00 bits per heavy atom. The van der Waals surface area contributed by atoms with Crippen molar-refractivity contribution in [2.24, 2.45) is 0 Å². The van der Waals surface area contributed by atoms with E-state index in [-0.39, 0.29) is 0 Å². The number of nitrogens with zero attached hydrogens (tertiary/aromatic N) is 2.